The van der Waals surface area contributed by atoms with Crippen LogP contribution in [-0.4, -0.2) is 21.2 Å². The molecule has 4 rings (SSSR count). The van der Waals surface area contributed by atoms with E-state index < -0.39 is 0 Å². The van der Waals surface area contributed by atoms with Crippen LogP contribution in [0, 0.1) is 6.92 Å². The van der Waals surface area contributed by atoms with E-state index in [0.29, 0.717) is 0 Å². The van der Waals surface area contributed by atoms with Gasteiger partial charge in [0.1, 0.15) is 0 Å². The Morgan fingerprint density at radius 1 is 1.38 bits per heavy atom. The lowest BCUT2D eigenvalue weighted by Gasteiger charge is -2.19. The number of nitrogens with zero attached hydrogens (tertiary/aromatic N) is 2. The first-order valence-corrected chi connectivity index (χ1v) is 10.6. The van der Waals surface area contributed by atoms with Crippen molar-refractivity contribution in [2.24, 2.45) is 0 Å². The van der Waals surface area contributed by atoms with E-state index in [4.69, 9.17) is 4.98 Å². The van der Waals surface area contributed by atoms with Crippen LogP contribution in [0.15, 0.2) is 32.6 Å². The van der Waals surface area contributed by atoms with Crippen LogP contribution in [0.3, 0.4) is 0 Å². The molecular formula is C19H20BrN3O2S. The van der Waals surface area contributed by atoms with Gasteiger partial charge in [-0.2, -0.15) is 0 Å². The van der Waals surface area contributed by atoms with Gasteiger partial charge in [0.2, 0.25) is 5.91 Å². The Morgan fingerprint density at radius 3 is 3.00 bits per heavy atom. The summed E-state index contributed by atoms with van der Waals surface area (Å²) >= 11 is 5.01. The Morgan fingerprint density at radius 2 is 2.19 bits per heavy atom. The number of amides is 1. The highest BCUT2D eigenvalue weighted by atomic mass is 79.9. The third-order valence-corrected chi connectivity index (χ3v) is 6.60. The molecule has 2 aliphatic rings. The smallest absolute Gasteiger partial charge is 0.257 e. The van der Waals surface area contributed by atoms with E-state index in [0.717, 1.165) is 63.6 Å². The molecule has 0 radical (unpaired) electrons. The molecule has 0 saturated heterocycles. The lowest BCUT2D eigenvalue weighted by atomic mass is 9.97. The minimum Gasteiger partial charge on any atom is -0.326 e. The van der Waals surface area contributed by atoms with Gasteiger partial charge in [0.15, 0.2) is 5.16 Å². The number of benzene rings is 1. The number of halogens is 1. The average Bonchev–Trinajstić information content (AvgIpc) is 3.00. The van der Waals surface area contributed by atoms with Gasteiger partial charge in [0.05, 0.1) is 11.7 Å². The topological polar surface area (TPSA) is 64.0 Å². The number of fused-ring (bicyclic) bond motifs is 2. The fraction of sp³-hybridized carbons (Fsp3) is 0.421. The molecule has 1 atom stereocenters. The highest BCUT2D eigenvalue weighted by molar-refractivity contribution is 9.10. The second-order valence-electron chi connectivity index (χ2n) is 6.88. The maximum Gasteiger partial charge on any atom is 0.257 e. The summed E-state index contributed by atoms with van der Waals surface area (Å²) in [6.45, 7) is 1.96. The van der Waals surface area contributed by atoms with E-state index in [1.54, 1.807) is 16.3 Å². The summed E-state index contributed by atoms with van der Waals surface area (Å²) in [7, 11) is 0. The zero-order valence-corrected chi connectivity index (χ0v) is 17.0. The largest absolute Gasteiger partial charge is 0.326 e. The summed E-state index contributed by atoms with van der Waals surface area (Å²) in [4.78, 5) is 30.2. The number of thioether (sulfide) groups is 1. The summed E-state index contributed by atoms with van der Waals surface area (Å²) in [5.74, 6) is 0.649. The predicted molar refractivity (Wildman–Crippen MR) is 107 cm³/mol. The molecule has 0 fully saturated rings. The molecule has 1 amide bonds. The fourth-order valence-electron chi connectivity index (χ4n) is 3.65. The summed E-state index contributed by atoms with van der Waals surface area (Å²) in [5, 5.41) is 3.74. The van der Waals surface area contributed by atoms with Crippen LogP contribution in [0.25, 0.3) is 0 Å². The van der Waals surface area contributed by atoms with Gasteiger partial charge in [-0.25, -0.2) is 4.98 Å². The number of rotatable bonds is 3. The molecular weight excluding hydrogens is 414 g/mol. The fourth-order valence-corrected chi connectivity index (χ4v) is 5.28. The van der Waals surface area contributed by atoms with Crippen LogP contribution in [0.5, 0.6) is 0 Å². The molecule has 1 unspecified atom stereocenters. The standard InChI is InChI=1S/C19H20BrN3O2S/c1-11-8-12(20)6-7-15(11)21-17(24)9-13-10-26-19-22-16-5-3-2-4-14(16)18(25)23(13)19/h6-8,13H,2-5,9-10H2,1H3,(H,21,24). The predicted octanol–water partition coefficient (Wildman–Crippen LogP) is 3.87. The Kier molecular flexibility index (Phi) is 4.92. The Labute approximate surface area is 164 Å². The molecule has 136 valence electrons. The van der Waals surface area contributed by atoms with Gasteiger partial charge in [0.25, 0.3) is 5.56 Å². The number of hydrogen-bond donors (Lipinski definition) is 1. The van der Waals surface area contributed by atoms with Crippen LogP contribution in [0.2, 0.25) is 0 Å². The lowest BCUT2D eigenvalue weighted by molar-refractivity contribution is -0.116. The lowest BCUT2D eigenvalue weighted by Crippen LogP contribution is -2.32. The maximum atomic E-state index is 12.9. The van der Waals surface area contributed by atoms with Gasteiger partial charge < -0.3 is 5.32 Å². The van der Waals surface area contributed by atoms with Crippen molar-refractivity contribution in [1.82, 2.24) is 9.55 Å². The van der Waals surface area contributed by atoms with Crippen molar-refractivity contribution in [3.05, 3.63) is 49.8 Å². The van der Waals surface area contributed by atoms with Crippen LogP contribution < -0.4 is 10.9 Å². The molecule has 26 heavy (non-hydrogen) atoms. The number of anilines is 1. The van der Waals surface area contributed by atoms with Crippen LogP contribution in [-0.2, 0) is 17.6 Å². The molecule has 1 aliphatic carbocycles. The SMILES string of the molecule is Cc1cc(Br)ccc1NC(=O)CC1CSc2nc3c(c(=O)n21)CCCC3. The van der Waals surface area contributed by atoms with Crippen molar-refractivity contribution in [2.45, 2.75) is 50.2 Å². The number of hydrogen-bond acceptors (Lipinski definition) is 4. The second-order valence-corrected chi connectivity index (χ2v) is 8.78. The Bertz CT molecular complexity index is 941. The first kappa shape index (κ1) is 17.8. The van der Waals surface area contributed by atoms with Gasteiger partial charge >= 0.3 is 0 Å². The van der Waals surface area contributed by atoms with Crippen molar-refractivity contribution in [3.8, 4) is 0 Å². The number of nitrogens with one attached hydrogen (secondary N) is 1. The molecule has 1 aromatic carbocycles. The molecule has 0 saturated carbocycles. The van der Waals surface area contributed by atoms with Crippen molar-refractivity contribution >= 4 is 39.3 Å². The van der Waals surface area contributed by atoms with Crippen LogP contribution >= 0.6 is 27.7 Å². The Balaban J connectivity index is 1.54. The monoisotopic (exact) mass is 433 g/mol. The molecule has 7 heteroatoms. The highest BCUT2D eigenvalue weighted by Gasteiger charge is 2.30. The molecule has 0 bridgehead atoms. The minimum absolute atomic E-state index is 0.0623. The normalized spacial score (nSPS) is 18.3. The third-order valence-electron chi connectivity index (χ3n) is 5.01. The highest BCUT2D eigenvalue weighted by Crippen LogP contribution is 2.34. The van der Waals surface area contributed by atoms with E-state index in [2.05, 4.69) is 21.2 Å². The van der Waals surface area contributed by atoms with Crippen LogP contribution in [0.1, 0.15) is 42.1 Å². The van der Waals surface area contributed by atoms with E-state index >= 15 is 0 Å². The molecule has 2 heterocycles. The zero-order valence-electron chi connectivity index (χ0n) is 14.5. The van der Waals surface area contributed by atoms with Gasteiger partial charge in [0, 0.05) is 27.9 Å². The Hall–Kier alpha value is -1.60. The van der Waals surface area contributed by atoms with E-state index in [1.807, 2.05) is 25.1 Å². The van der Waals surface area contributed by atoms with Gasteiger partial charge in [-0.05, 0) is 56.4 Å². The summed E-state index contributed by atoms with van der Waals surface area (Å²) in [6, 6.07) is 5.64. The molecule has 1 aromatic heterocycles. The van der Waals surface area contributed by atoms with Crippen molar-refractivity contribution in [2.75, 3.05) is 11.1 Å². The molecule has 1 aliphatic heterocycles. The summed E-state index contributed by atoms with van der Waals surface area (Å²) in [6.07, 6.45) is 4.14. The third kappa shape index (κ3) is 3.34. The number of aromatic nitrogens is 2. The van der Waals surface area contributed by atoms with Gasteiger partial charge in [-0.3, -0.25) is 14.2 Å². The first-order chi connectivity index (χ1) is 12.5. The number of carbonyl (C=O) groups excluding carboxylic acids is 1. The van der Waals surface area contributed by atoms with Crippen molar-refractivity contribution in [1.29, 1.82) is 0 Å². The number of carbonyl (C=O) groups is 1. The second kappa shape index (κ2) is 7.19. The van der Waals surface area contributed by atoms with Gasteiger partial charge in [-0.15, -0.1) is 0 Å². The first-order valence-electron chi connectivity index (χ1n) is 8.86. The quantitative estimate of drug-likeness (QED) is 0.746. The minimum atomic E-state index is -0.127. The van der Waals surface area contributed by atoms with Crippen molar-refractivity contribution in [3.63, 3.8) is 0 Å². The van der Waals surface area contributed by atoms with E-state index in [9.17, 15) is 9.59 Å². The van der Waals surface area contributed by atoms with Crippen LogP contribution in [0.4, 0.5) is 5.69 Å². The zero-order chi connectivity index (χ0) is 18.3. The number of aryl methyl sites for hydroxylation is 2. The molecule has 1 N–H and O–H groups in total. The average molecular weight is 434 g/mol. The maximum absolute atomic E-state index is 12.9. The van der Waals surface area contributed by atoms with E-state index in [1.165, 1.54) is 0 Å². The van der Waals surface area contributed by atoms with E-state index in [-0.39, 0.29) is 23.9 Å². The molecule has 5 nitrogen and oxygen atoms in total. The summed E-state index contributed by atoms with van der Waals surface area (Å²) in [5.41, 5.74) is 3.70. The molecule has 2 aromatic rings. The van der Waals surface area contributed by atoms with Gasteiger partial charge in [-0.1, -0.05) is 27.7 Å². The summed E-state index contributed by atoms with van der Waals surface area (Å²) < 4.78 is 2.74. The van der Waals surface area contributed by atoms with Crippen molar-refractivity contribution < 1.29 is 4.79 Å². The molecule has 0 spiro atoms.